The molecule has 3 nitrogen and oxygen atoms in total. The minimum Gasteiger partial charge on any atom is -0.290 e. The van der Waals surface area contributed by atoms with Crippen LogP contribution in [0, 0.1) is 0 Å². The van der Waals surface area contributed by atoms with Crippen LogP contribution in [0.3, 0.4) is 0 Å². The van der Waals surface area contributed by atoms with Crippen molar-refractivity contribution < 1.29 is 0 Å². The summed E-state index contributed by atoms with van der Waals surface area (Å²) in [7, 11) is 0. The fourth-order valence-electron chi connectivity index (χ4n) is 1.35. The Morgan fingerprint density at radius 3 is 2.80 bits per heavy atom. The molecule has 0 aliphatic heterocycles. The smallest absolute Gasteiger partial charge is 0.137 e. The number of hydrogen-bond acceptors (Lipinski definition) is 2. The van der Waals surface area contributed by atoms with E-state index in [1.165, 1.54) is 5.56 Å². The highest BCUT2D eigenvalue weighted by Crippen LogP contribution is 2.07. The fourth-order valence-corrected chi connectivity index (χ4v) is 1.35. The van der Waals surface area contributed by atoms with Crippen molar-refractivity contribution in [3.8, 4) is 5.82 Å². The van der Waals surface area contributed by atoms with Crippen LogP contribution in [-0.2, 0) is 6.42 Å². The molecule has 15 heavy (non-hydrogen) atoms. The van der Waals surface area contributed by atoms with Gasteiger partial charge in [-0.25, -0.2) is 9.97 Å². The van der Waals surface area contributed by atoms with Gasteiger partial charge in [-0.05, 0) is 24.1 Å². The van der Waals surface area contributed by atoms with E-state index < -0.39 is 0 Å². The van der Waals surface area contributed by atoms with Crippen LogP contribution in [0.15, 0.2) is 37.4 Å². The Hall–Kier alpha value is -1.90. The second-order valence-corrected chi connectivity index (χ2v) is 3.29. The monoisotopic (exact) mass is 199 g/mol. The lowest BCUT2D eigenvalue weighted by molar-refractivity contribution is 0.977. The van der Waals surface area contributed by atoms with Gasteiger partial charge in [0.25, 0.3) is 0 Å². The third kappa shape index (κ3) is 1.96. The molecule has 0 radical (unpaired) electrons. The summed E-state index contributed by atoms with van der Waals surface area (Å²) in [6.45, 7) is 5.78. The third-order valence-electron chi connectivity index (χ3n) is 2.29. The van der Waals surface area contributed by atoms with Gasteiger partial charge in [0.1, 0.15) is 12.1 Å². The number of aromatic nitrogens is 3. The maximum absolute atomic E-state index is 4.36. The molecule has 0 amide bonds. The highest BCUT2D eigenvalue weighted by Gasteiger charge is 1.99. The van der Waals surface area contributed by atoms with E-state index in [-0.39, 0.29) is 0 Å². The summed E-state index contributed by atoms with van der Waals surface area (Å²) in [5, 5.41) is 0. The molecule has 2 rings (SSSR count). The van der Waals surface area contributed by atoms with E-state index in [2.05, 4.69) is 29.5 Å². The van der Waals surface area contributed by atoms with Gasteiger partial charge in [0.15, 0.2) is 0 Å². The Balaban J connectivity index is 2.32. The molecule has 0 aliphatic rings. The van der Waals surface area contributed by atoms with Gasteiger partial charge in [0, 0.05) is 12.4 Å². The number of imidazole rings is 1. The molecule has 0 bridgehead atoms. The van der Waals surface area contributed by atoms with Gasteiger partial charge in [0.2, 0.25) is 0 Å². The fraction of sp³-hybridized carbons (Fsp3) is 0.167. The molecule has 2 aromatic heterocycles. The number of rotatable bonds is 3. The van der Waals surface area contributed by atoms with Crippen molar-refractivity contribution in [1.82, 2.24) is 14.5 Å². The van der Waals surface area contributed by atoms with E-state index in [0.29, 0.717) is 0 Å². The van der Waals surface area contributed by atoms with Crippen LogP contribution in [0.25, 0.3) is 11.9 Å². The quantitative estimate of drug-likeness (QED) is 0.760. The first-order valence-electron chi connectivity index (χ1n) is 4.95. The summed E-state index contributed by atoms with van der Waals surface area (Å²) < 4.78 is 1.89. The first kappa shape index (κ1) is 9.65. The Bertz CT molecular complexity index is 454. The average molecular weight is 199 g/mol. The third-order valence-corrected chi connectivity index (χ3v) is 2.29. The SMILES string of the molecule is C=Cc1cn(-c2ccc(CC)cn2)cn1. The molecule has 0 N–H and O–H groups in total. The van der Waals surface area contributed by atoms with Gasteiger partial charge in [0.05, 0.1) is 5.69 Å². The maximum Gasteiger partial charge on any atom is 0.137 e. The molecule has 0 atom stereocenters. The molecule has 0 fully saturated rings. The minimum absolute atomic E-state index is 0.858. The number of hydrogen-bond donors (Lipinski definition) is 0. The average Bonchev–Trinajstić information content (AvgIpc) is 2.78. The summed E-state index contributed by atoms with van der Waals surface area (Å²) >= 11 is 0. The summed E-state index contributed by atoms with van der Waals surface area (Å²) in [6.07, 6.45) is 8.26. The highest BCUT2D eigenvalue weighted by atomic mass is 15.1. The Kier molecular flexibility index (Phi) is 2.63. The lowest BCUT2D eigenvalue weighted by Gasteiger charge is -2.01. The van der Waals surface area contributed by atoms with E-state index in [4.69, 9.17) is 0 Å². The number of nitrogens with zero attached hydrogens (tertiary/aromatic N) is 3. The Morgan fingerprint density at radius 2 is 2.27 bits per heavy atom. The predicted octanol–water partition coefficient (Wildman–Crippen LogP) is 2.47. The van der Waals surface area contributed by atoms with Gasteiger partial charge in [-0.2, -0.15) is 0 Å². The van der Waals surface area contributed by atoms with Crippen LogP contribution in [0.2, 0.25) is 0 Å². The molecule has 0 aromatic carbocycles. The molecule has 0 unspecified atom stereocenters. The minimum atomic E-state index is 0.858. The van der Waals surface area contributed by atoms with Crippen molar-refractivity contribution in [3.05, 3.63) is 48.7 Å². The zero-order valence-electron chi connectivity index (χ0n) is 8.72. The Morgan fingerprint density at radius 1 is 1.40 bits per heavy atom. The topological polar surface area (TPSA) is 30.7 Å². The second kappa shape index (κ2) is 4.09. The second-order valence-electron chi connectivity index (χ2n) is 3.29. The first-order valence-corrected chi connectivity index (χ1v) is 4.95. The van der Waals surface area contributed by atoms with Crippen LogP contribution in [0.5, 0.6) is 0 Å². The molecule has 2 aromatic rings. The van der Waals surface area contributed by atoms with Crippen LogP contribution in [0.1, 0.15) is 18.2 Å². The summed E-state index contributed by atoms with van der Waals surface area (Å²) in [4.78, 5) is 8.51. The standard InChI is InChI=1S/C12H13N3/c1-3-10-5-6-12(13-7-10)15-8-11(4-2)14-9-15/h4-9H,2-3H2,1H3. The Labute approximate surface area is 89.1 Å². The summed E-state index contributed by atoms with van der Waals surface area (Å²) in [6, 6.07) is 4.07. The molecule has 0 spiro atoms. The van der Waals surface area contributed by atoms with E-state index in [0.717, 1.165) is 17.9 Å². The lowest BCUT2D eigenvalue weighted by Crippen LogP contribution is -1.94. The molecular formula is C12H13N3. The lowest BCUT2D eigenvalue weighted by atomic mass is 10.2. The molecule has 2 heterocycles. The predicted molar refractivity (Wildman–Crippen MR) is 60.8 cm³/mol. The van der Waals surface area contributed by atoms with Gasteiger partial charge < -0.3 is 0 Å². The van der Waals surface area contributed by atoms with Crippen molar-refractivity contribution in [1.29, 1.82) is 0 Å². The van der Waals surface area contributed by atoms with Crippen molar-refractivity contribution in [2.45, 2.75) is 13.3 Å². The van der Waals surface area contributed by atoms with Crippen molar-refractivity contribution >= 4 is 6.08 Å². The maximum atomic E-state index is 4.36. The molecule has 3 heteroatoms. The van der Waals surface area contributed by atoms with E-state index >= 15 is 0 Å². The number of pyridine rings is 1. The van der Waals surface area contributed by atoms with Crippen LogP contribution >= 0.6 is 0 Å². The van der Waals surface area contributed by atoms with Gasteiger partial charge in [-0.15, -0.1) is 0 Å². The number of aryl methyl sites for hydroxylation is 1. The summed E-state index contributed by atoms with van der Waals surface area (Å²) in [5.74, 6) is 0.882. The zero-order valence-corrected chi connectivity index (χ0v) is 8.72. The molecule has 76 valence electrons. The molecule has 0 aliphatic carbocycles. The van der Waals surface area contributed by atoms with Gasteiger partial charge in [-0.3, -0.25) is 4.57 Å². The zero-order chi connectivity index (χ0) is 10.7. The van der Waals surface area contributed by atoms with Gasteiger partial charge in [-0.1, -0.05) is 19.6 Å². The normalized spacial score (nSPS) is 10.2. The van der Waals surface area contributed by atoms with Crippen molar-refractivity contribution in [2.75, 3.05) is 0 Å². The summed E-state index contributed by atoms with van der Waals surface area (Å²) in [5.41, 5.74) is 2.10. The molecular weight excluding hydrogens is 186 g/mol. The molecule has 0 saturated carbocycles. The highest BCUT2D eigenvalue weighted by molar-refractivity contribution is 5.41. The molecule has 0 saturated heterocycles. The van der Waals surface area contributed by atoms with Crippen LogP contribution in [0.4, 0.5) is 0 Å². The van der Waals surface area contributed by atoms with E-state index in [9.17, 15) is 0 Å². The van der Waals surface area contributed by atoms with E-state index in [1.54, 1.807) is 12.4 Å². The van der Waals surface area contributed by atoms with Gasteiger partial charge >= 0.3 is 0 Å². The van der Waals surface area contributed by atoms with Crippen LogP contribution < -0.4 is 0 Å². The van der Waals surface area contributed by atoms with Crippen LogP contribution in [-0.4, -0.2) is 14.5 Å². The van der Waals surface area contributed by atoms with E-state index in [1.807, 2.05) is 23.0 Å². The van der Waals surface area contributed by atoms with Crippen molar-refractivity contribution in [2.24, 2.45) is 0 Å². The first-order chi connectivity index (χ1) is 7.33. The largest absolute Gasteiger partial charge is 0.290 e. The van der Waals surface area contributed by atoms with Crippen molar-refractivity contribution in [3.63, 3.8) is 0 Å².